The van der Waals surface area contributed by atoms with Crippen LogP contribution in [0.2, 0.25) is 0 Å². The van der Waals surface area contributed by atoms with E-state index < -0.39 is 0 Å². The molecule has 0 amide bonds. The number of ether oxygens (including phenoxy) is 1. The number of hydrogen-bond acceptors (Lipinski definition) is 5. The predicted octanol–water partition coefficient (Wildman–Crippen LogP) is -0.384. The summed E-state index contributed by atoms with van der Waals surface area (Å²) in [6, 6.07) is 0. The molecule has 0 aliphatic rings. The first-order chi connectivity index (χ1) is 7.24. The van der Waals surface area contributed by atoms with Gasteiger partial charge in [-0.3, -0.25) is 9.69 Å². The van der Waals surface area contributed by atoms with E-state index in [9.17, 15) is 4.79 Å². The highest BCUT2D eigenvalue weighted by Gasteiger charge is 2.07. The molecule has 0 rings (SSSR count). The first kappa shape index (κ1) is 14.3. The van der Waals surface area contributed by atoms with Gasteiger partial charge in [0.25, 0.3) is 0 Å². The van der Waals surface area contributed by atoms with Gasteiger partial charge >= 0.3 is 5.97 Å². The van der Waals surface area contributed by atoms with Crippen LogP contribution in [-0.2, 0) is 9.53 Å². The SMILES string of the molecule is CCCOC(=O)CCN(CCO)CCO. The zero-order valence-electron chi connectivity index (χ0n) is 9.31. The Morgan fingerprint density at radius 2 is 1.80 bits per heavy atom. The van der Waals surface area contributed by atoms with Crippen molar-refractivity contribution < 1.29 is 19.7 Å². The maximum atomic E-state index is 11.1. The lowest BCUT2D eigenvalue weighted by molar-refractivity contribution is -0.144. The molecule has 90 valence electrons. The number of nitrogens with zero attached hydrogens (tertiary/aromatic N) is 1. The van der Waals surface area contributed by atoms with Gasteiger partial charge in [0.05, 0.1) is 26.2 Å². The van der Waals surface area contributed by atoms with Crippen molar-refractivity contribution in [1.29, 1.82) is 0 Å². The third-order valence-electron chi connectivity index (χ3n) is 1.93. The van der Waals surface area contributed by atoms with Gasteiger partial charge in [0, 0.05) is 19.6 Å². The van der Waals surface area contributed by atoms with Crippen molar-refractivity contribution >= 4 is 5.97 Å². The van der Waals surface area contributed by atoms with Gasteiger partial charge in [-0.05, 0) is 6.42 Å². The summed E-state index contributed by atoms with van der Waals surface area (Å²) in [4.78, 5) is 13.0. The van der Waals surface area contributed by atoms with Crippen LogP contribution in [0.15, 0.2) is 0 Å². The van der Waals surface area contributed by atoms with Crippen LogP contribution >= 0.6 is 0 Å². The fraction of sp³-hybridized carbons (Fsp3) is 0.900. The normalized spacial score (nSPS) is 10.7. The second-order valence-corrected chi connectivity index (χ2v) is 3.26. The van der Waals surface area contributed by atoms with E-state index in [0.717, 1.165) is 6.42 Å². The molecule has 0 spiro atoms. The molecule has 0 saturated heterocycles. The molecular weight excluding hydrogens is 198 g/mol. The van der Waals surface area contributed by atoms with Crippen molar-refractivity contribution in [2.45, 2.75) is 19.8 Å². The second kappa shape index (κ2) is 9.89. The molecule has 0 radical (unpaired) electrons. The van der Waals surface area contributed by atoms with E-state index in [2.05, 4.69) is 0 Å². The van der Waals surface area contributed by atoms with Crippen LogP contribution in [0.1, 0.15) is 19.8 Å². The van der Waals surface area contributed by atoms with Gasteiger partial charge in [-0.15, -0.1) is 0 Å². The lowest BCUT2D eigenvalue weighted by Gasteiger charge is -2.19. The van der Waals surface area contributed by atoms with E-state index in [4.69, 9.17) is 14.9 Å². The van der Waals surface area contributed by atoms with Crippen LogP contribution in [0.25, 0.3) is 0 Å². The lowest BCUT2D eigenvalue weighted by atomic mass is 10.3. The van der Waals surface area contributed by atoms with E-state index in [0.29, 0.717) is 32.7 Å². The topological polar surface area (TPSA) is 70.0 Å². The number of esters is 1. The van der Waals surface area contributed by atoms with Crippen molar-refractivity contribution in [1.82, 2.24) is 4.90 Å². The Bertz CT molecular complexity index is 158. The number of aliphatic hydroxyl groups is 2. The van der Waals surface area contributed by atoms with Crippen molar-refractivity contribution in [3.8, 4) is 0 Å². The van der Waals surface area contributed by atoms with Crippen LogP contribution in [0.3, 0.4) is 0 Å². The largest absolute Gasteiger partial charge is 0.466 e. The first-order valence-corrected chi connectivity index (χ1v) is 5.34. The van der Waals surface area contributed by atoms with Crippen molar-refractivity contribution in [3.63, 3.8) is 0 Å². The summed E-state index contributed by atoms with van der Waals surface area (Å²) in [7, 11) is 0. The Kier molecular flexibility index (Phi) is 9.46. The summed E-state index contributed by atoms with van der Waals surface area (Å²) in [6.45, 7) is 3.93. The van der Waals surface area contributed by atoms with Gasteiger partial charge in [0.2, 0.25) is 0 Å². The summed E-state index contributed by atoms with van der Waals surface area (Å²) >= 11 is 0. The Labute approximate surface area is 90.6 Å². The average molecular weight is 219 g/mol. The fourth-order valence-corrected chi connectivity index (χ4v) is 1.16. The Morgan fingerprint density at radius 3 is 2.27 bits per heavy atom. The van der Waals surface area contributed by atoms with E-state index in [1.54, 1.807) is 0 Å². The third kappa shape index (κ3) is 8.35. The summed E-state index contributed by atoms with van der Waals surface area (Å²) < 4.78 is 4.91. The smallest absolute Gasteiger partial charge is 0.307 e. The Hall–Kier alpha value is -0.650. The molecule has 0 fully saturated rings. The second-order valence-electron chi connectivity index (χ2n) is 3.26. The molecule has 0 aromatic heterocycles. The minimum Gasteiger partial charge on any atom is -0.466 e. The van der Waals surface area contributed by atoms with Gasteiger partial charge < -0.3 is 14.9 Å². The third-order valence-corrected chi connectivity index (χ3v) is 1.93. The molecule has 0 aliphatic heterocycles. The minimum atomic E-state index is -0.224. The summed E-state index contributed by atoms with van der Waals surface area (Å²) in [5.41, 5.74) is 0. The molecule has 0 aromatic carbocycles. The van der Waals surface area contributed by atoms with Gasteiger partial charge in [-0.2, -0.15) is 0 Å². The van der Waals surface area contributed by atoms with Gasteiger partial charge in [-0.25, -0.2) is 0 Å². The zero-order valence-corrected chi connectivity index (χ0v) is 9.31. The van der Waals surface area contributed by atoms with E-state index in [1.165, 1.54) is 0 Å². The molecule has 0 saturated carbocycles. The summed E-state index contributed by atoms with van der Waals surface area (Å²) in [6.07, 6.45) is 1.13. The summed E-state index contributed by atoms with van der Waals surface area (Å²) in [5.74, 6) is -0.224. The number of carbonyl (C=O) groups is 1. The molecule has 0 heterocycles. The van der Waals surface area contributed by atoms with Gasteiger partial charge in [-0.1, -0.05) is 6.92 Å². The highest BCUT2D eigenvalue weighted by Crippen LogP contribution is 1.94. The molecular formula is C10H21NO4. The van der Waals surface area contributed by atoms with Crippen LogP contribution in [0.4, 0.5) is 0 Å². The molecule has 0 aromatic rings. The van der Waals surface area contributed by atoms with E-state index in [-0.39, 0.29) is 19.2 Å². The molecule has 0 bridgehead atoms. The maximum absolute atomic E-state index is 11.1. The number of carbonyl (C=O) groups excluding carboxylic acids is 1. The van der Waals surface area contributed by atoms with E-state index >= 15 is 0 Å². The zero-order chi connectivity index (χ0) is 11.5. The minimum absolute atomic E-state index is 0.0318. The quantitative estimate of drug-likeness (QED) is 0.517. The van der Waals surface area contributed by atoms with Crippen LogP contribution < -0.4 is 0 Å². The average Bonchev–Trinajstić information content (AvgIpc) is 2.23. The Morgan fingerprint density at radius 1 is 1.20 bits per heavy atom. The van der Waals surface area contributed by atoms with Crippen molar-refractivity contribution in [3.05, 3.63) is 0 Å². The number of rotatable bonds is 9. The molecule has 15 heavy (non-hydrogen) atoms. The molecule has 0 unspecified atom stereocenters. The van der Waals surface area contributed by atoms with Gasteiger partial charge in [0.1, 0.15) is 0 Å². The van der Waals surface area contributed by atoms with Gasteiger partial charge in [0.15, 0.2) is 0 Å². The molecule has 0 atom stereocenters. The Balaban J connectivity index is 3.62. The highest BCUT2D eigenvalue weighted by molar-refractivity contribution is 5.69. The number of hydrogen-bond donors (Lipinski definition) is 2. The van der Waals surface area contributed by atoms with Crippen LogP contribution in [-0.4, -0.2) is 60.5 Å². The summed E-state index contributed by atoms with van der Waals surface area (Å²) in [5, 5.41) is 17.5. The van der Waals surface area contributed by atoms with E-state index in [1.807, 2.05) is 11.8 Å². The highest BCUT2D eigenvalue weighted by atomic mass is 16.5. The monoisotopic (exact) mass is 219 g/mol. The fourth-order valence-electron chi connectivity index (χ4n) is 1.16. The standard InChI is InChI=1S/C10H21NO4/c1-2-9-15-10(14)3-4-11(5-7-12)6-8-13/h12-13H,2-9H2,1H3. The van der Waals surface area contributed by atoms with Crippen LogP contribution in [0.5, 0.6) is 0 Å². The molecule has 2 N–H and O–H groups in total. The lowest BCUT2D eigenvalue weighted by Crippen LogP contribution is -2.32. The van der Waals surface area contributed by atoms with Crippen molar-refractivity contribution in [2.75, 3.05) is 39.5 Å². The number of aliphatic hydroxyl groups excluding tert-OH is 2. The first-order valence-electron chi connectivity index (χ1n) is 5.34. The predicted molar refractivity (Wildman–Crippen MR) is 56.5 cm³/mol. The van der Waals surface area contributed by atoms with Crippen LogP contribution in [0, 0.1) is 0 Å². The molecule has 5 nitrogen and oxygen atoms in total. The van der Waals surface area contributed by atoms with Crippen molar-refractivity contribution in [2.24, 2.45) is 0 Å². The molecule has 0 aliphatic carbocycles. The maximum Gasteiger partial charge on any atom is 0.307 e. The molecule has 5 heteroatoms.